The van der Waals surface area contributed by atoms with Crippen LogP contribution in [0.2, 0.25) is 0 Å². The number of allylic oxidation sites excluding steroid dienone is 1. The molecule has 1 heterocycles. The molecule has 0 saturated heterocycles. The van der Waals surface area contributed by atoms with Gasteiger partial charge in [0.1, 0.15) is 12.1 Å². The van der Waals surface area contributed by atoms with Crippen molar-refractivity contribution in [1.29, 1.82) is 0 Å². The van der Waals surface area contributed by atoms with Crippen LogP contribution < -0.4 is 0 Å². The number of carboxylic acid groups (broad SMARTS) is 1. The van der Waals surface area contributed by atoms with Crippen LogP contribution in [-0.4, -0.2) is 38.5 Å². The molecule has 7 nitrogen and oxygen atoms in total. The lowest BCUT2D eigenvalue weighted by Crippen LogP contribution is -2.21. The standard InChI is InChI=1S/C33H37N3O4/c1-4-6-11-30-35-28-17-16-25(34-31(38)21-33(3,5-2)18-19-37)20-29(28)36(30)22-23-12-14-24(15-13-23)26-9-7-8-10-27(26)32(39)40/h7-10,12-17,19H,4-6,11,18,20-22H2,1-3H3,(H,39,40). The smallest absolute Gasteiger partial charge is 0.336 e. The maximum atomic E-state index is 12.8. The number of aromatic nitrogens is 2. The minimum absolute atomic E-state index is 0.205. The molecular formula is C33H37N3O4. The Bertz CT molecular complexity index is 1450. The van der Waals surface area contributed by atoms with Crippen molar-refractivity contribution in [2.75, 3.05) is 0 Å². The molecule has 2 aromatic carbocycles. The zero-order chi connectivity index (χ0) is 28.7. The third-order valence-electron chi connectivity index (χ3n) is 7.76. The summed E-state index contributed by atoms with van der Waals surface area (Å²) in [6, 6.07) is 15.0. The molecule has 0 saturated carbocycles. The summed E-state index contributed by atoms with van der Waals surface area (Å²) in [5.74, 6) is -0.143. The topological polar surface area (TPSA) is 102 Å². The number of amides is 1. The second-order valence-corrected chi connectivity index (χ2v) is 10.8. The minimum Gasteiger partial charge on any atom is -0.478 e. The van der Waals surface area contributed by atoms with Crippen LogP contribution in [0.3, 0.4) is 0 Å². The van der Waals surface area contributed by atoms with E-state index in [0.717, 1.165) is 60.3 Å². The Morgan fingerprint density at radius 3 is 2.52 bits per heavy atom. The van der Waals surface area contributed by atoms with Crippen LogP contribution >= 0.6 is 0 Å². The molecule has 1 N–H and O–H groups in total. The third-order valence-corrected chi connectivity index (χ3v) is 7.76. The molecule has 1 aromatic heterocycles. The monoisotopic (exact) mass is 539 g/mol. The first kappa shape index (κ1) is 28.9. The first-order valence-corrected chi connectivity index (χ1v) is 14.0. The zero-order valence-electron chi connectivity index (χ0n) is 23.5. The number of aliphatic imine (C=N–C) groups is 1. The van der Waals surface area contributed by atoms with Crippen molar-refractivity contribution < 1.29 is 19.5 Å². The highest BCUT2D eigenvalue weighted by molar-refractivity contribution is 6.07. The lowest BCUT2D eigenvalue weighted by Gasteiger charge is -2.23. The summed E-state index contributed by atoms with van der Waals surface area (Å²) >= 11 is 0. The van der Waals surface area contributed by atoms with Crippen LogP contribution in [0.4, 0.5) is 0 Å². The minimum atomic E-state index is -0.947. The van der Waals surface area contributed by atoms with E-state index in [0.29, 0.717) is 30.7 Å². The fraction of sp³-hybridized carbons (Fsp3) is 0.364. The van der Waals surface area contributed by atoms with Gasteiger partial charge < -0.3 is 14.5 Å². The van der Waals surface area contributed by atoms with E-state index in [9.17, 15) is 19.5 Å². The number of carbonyl (C=O) groups excluding carboxylic acids is 2. The number of aryl methyl sites for hydroxylation is 1. The van der Waals surface area contributed by atoms with Crippen LogP contribution in [0.15, 0.2) is 59.6 Å². The maximum Gasteiger partial charge on any atom is 0.336 e. The number of carbonyl (C=O) groups is 3. The summed E-state index contributed by atoms with van der Waals surface area (Å²) in [5, 5.41) is 9.57. The molecule has 0 spiro atoms. The number of nitrogens with zero attached hydrogens (tertiary/aromatic N) is 3. The molecule has 1 unspecified atom stereocenters. The second kappa shape index (κ2) is 12.8. The molecule has 1 aliphatic rings. The van der Waals surface area contributed by atoms with Crippen LogP contribution in [-0.2, 0) is 29.0 Å². The van der Waals surface area contributed by atoms with E-state index in [4.69, 9.17) is 4.98 Å². The van der Waals surface area contributed by atoms with Crippen molar-refractivity contribution >= 4 is 30.0 Å². The van der Waals surface area contributed by atoms with E-state index in [-0.39, 0.29) is 23.3 Å². The van der Waals surface area contributed by atoms with Gasteiger partial charge in [-0.1, -0.05) is 69.7 Å². The third kappa shape index (κ3) is 6.71. The number of benzene rings is 2. The van der Waals surface area contributed by atoms with Gasteiger partial charge in [0.05, 0.1) is 22.7 Å². The van der Waals surface area contributed by atoms with Gasteiger partial charge in [0.15, 0.2) is 0 Å². The number of hydrogen-bond acceptors (Lipinski definition) is 4. The number of carboxylic acids is 1. The number of aldehydes is 1. The van der Waals surface area contributed by atoms with Gasteiger partial charge in [0, 0.05) is 32.2 Å². The molecule has 1 atom stereocenters. The van der Waals surface area contributed by atoms with Crippen LogP contribution in [0.5, 0.6) is 0 Å². The first-order valence-electron chi connectivity index (χ1n) is 14.0. The van der Waals surface area contributed by atoms with Gasteiger partial charge in [-0.25, -0.2) is 14.8 Å². The molecule has 0 aliphatic heterocycles. The van der Waals surface area contributed by atoms with Crippen molar-refractivity contribution in [3.63, 3.8) is 0 Å². The predicted molar refractivity (Wildman–Crippen MR) is 158 cm³/mol. The van der Waals surface area contributed by atoms with E-state index in [2.05, 4.69) is 16.5 Å². The number of fused-ring (bicyclic) bond motifs is 1. The second-order valence-electron chi connectivity index (χ2n) is 10.8. The van der Waals surface area contributed by atoms with Gasteiger partial charge in [-0.15, -0.1) is 0 Å². The molecule has 4 rings (SSSR count). The largest absolute Gasteiger partial charge is 0.478 e. The normalized spacial score (nSPS) is 15.0. The summed E-state index contributed by atoms with van der Waals surface area (Å²) in [6.45, 7) is 6.72. The maximum absolute atomic E-state index is 12.8. The van der Waals surface area contributed by atoms with Gasteiger partial charge in [-0.2, -0.15) is 0 Å². The average Bonchev–Trinajstić information content (AvgIpc) is 3.28. The highest BCUT2D eigenvalue weighted by Gasteiger charge is 2.26. The number of rotatable bonds is 12. The number of aromatic carboxylic acids is 1. The average molecular weight is 540 g/mol. The van der Waals surface area contributed by atoms with Gasteiger partial charge in [-0.3, -0.25) is 4.79 Å². The quantitative estimate of drug-likeness (QED) is 0.262. The molecule has 40 heavy (non-hydrogen) atoms. The van der Waals surface area contributed by atoms with E-state index >= 15 is 0 Å². The van der Waals surface area contributed by atoms with E-state index in [1.54, 1.807) is 12.1 Å². The summed E-state index contributed by atoms with van der Waals surface area (Å²) in [5.41, 5.74) is 5.16. The van der Waals surface area contributed by atoms with E-state index in [1.807, 2.05) is 62.4 Å². The van der Waals surface area contributed by atoms with E-state index < -0.39 is 5.97 Å². The lowest BCUT2D eigenvalue weighted by molar-refractivity contribution is -0.120. The summed E-state index contributed by atoms with van der Waals surface area (Å²) in [6.07, 6.45) is 9.45. The SMILES string of the molecule is CCCCc1nc2c(n1Cc1ccc(-c3ccccc3C(=O)O)cc1)CC(=NC(=O)CC(C)(CC)CC=O)C=C2. The summed E-state index contributed by atoms with van der Waals surface area (Å²) in [4.78, 5) is 44.9. The number of unbranched alkanes of at least 4 members (excludes halogenated alkanes) is 1. The van der Waals surface area contributed by atoms with E-state index in [1.165, 1.54) is 0 Å². The zero-order valence-corrected chi connectivity index (χ0v) is 23.5. The molecular weight excluding hydrogens is 502 g/mol. The van der Waals surface area contributed by atoms with Gasteiger partial charge in [0.2, 0.25) is 5.91 Å². The van der Waals surface area contributed by atoms with Crippen LogP contribution in [0.25, 0.3) is 17.2 Å². The number of imidazole rings is 1. The van der Waals surface area contributed by atoms with Crippen molar-refractivity contribution in [3.05, 3.63) is 82.9 Å². The van der Waals surface area contributed by atoms with Crippen molar-refractivity contribution in [2.45, 2.75) is 72.3 Å². The number of hydrogen-bond donors (Lipinski definition) is 1. The summed E-state index contributed by atoms with van der Waals surface area (Å²) in [7, 11) is 0. The predicted octanol–water partition coefficient (Wildman–Crippen LogP) is 6.57. The highest BCUT2D eigenvalue weighted by Crippen LogP contribution is 2.30. The lowest BCUT2D eigenvalue weighted by atomic mass is 9.81. The first-order chi connectivity index (χ1) is 19.3. The fourth-order valence-corrected chi connectivity index (χ4v) is 5.07. The molecule has 0 fully saturated rings. The summed E-state index contributed by atoms with van der Waals surface area (Å²) < 4.78 is 2.23. The highest BCUT2D eigenvalue weighted by atomic mass is 16.4. The molecule has 1 aliphatic carbocycles. The van der Waals surface area contributed by atoms with Gasteiger partial charge in [-0.05, 0) is 53.2 Å². The Kier molecular flexibility index (Phi) is 9.25. The Morgan fingerprint density at radius 2 is 1.85 bits per heavy atom. The fourth-order valence-electron chi connectivity index (χ4n) is 5.07. The Labute approximate surface area is 235 Å². The molecule has 7 heteroatoms. The van der Waals surface area contributed by atoms with Crippen molar-refractivity contribution in [2.24, 2.45) is 10.4 Å². The van der Waals surface area contributed by atoms with Gasteiger partial charge >= 0.3 is 5.97 Å². The molecule has 208 valence electrons. The van der Waals surface area contributed by atoms with Crippen molar-refractivity contribution in [3.8, 4) is 11.1 Å². The molecule has 1 amide bonds. The molecule has 0 bridgehead atoms. The molecule has 3 aromatic rings. The van der Waals surface area contributed by atoms with Crippen LogP contribution in [0.1, 0.15) is 86.0 Å². The van der Waals surface area contributed by atoms with Crippen molar-refractivity contribution in [1.82, 2.24) is 9.55 Å². The Morgan fingerprint density at radius 1 is 1.10 bits per heavy atom. The molecule has 0 radical (unpaired) electrons. The Balaban J connectivity index is 1.59. The Hall–Kier alpha value is -4.13. The van der Waals surface area contributed by atoms with Gasteiger partial charge in [0.25, 0.3) is 0 Å². The van der Waals surface area contributed by atoms with Crippen LogP contribution in [0, 0.1) is 5.41 Å².